The van der Waals surface area contributed by atoms with Gasteiger partial charge in [0.1, 0.15) is 5.82 Å². The van der Waals surface area contributed by atoms with Crippen LogP contribution in [0.25, 0.3) is 22.4 Å². The molecule has 4 rings (SSSR count). The maximum Gasteiger partial charge on any atom is 0.257 e. The summed E-state index contributed by atoms with van der Waals surface area (Å²) in [6.07, 6.45) is 0. The lowest BCUT2D eigenvalue weighted by atomic mass is 10.1. The molecular weight excluding hydrogens is 414 g/mol. The molecule has 4 nitrogen and oxygen atoms in total. The van der Waals surface area contributed by atoms with Crippen molar-refractivity contribution in [1.82, 2.24) is 9.97 Å². The number of halogens is 2. The van der Waals surface area contributed by atoms with Gasteiger partial charge in [0.2, 0.25) is 0 Å². The highest BCUT2D eigenvalue weighted by Gasteiger charge is 2.15. The average molecular weight is 427 g/mol. The molecule has 0 aliphatic rings. The fourth-order valence-electron chi connectivity index (χ4n) is 2.74. The molecule has 0 radical (unpaired) electrons. The Hall–Kier alpha value is -2.63. The second-order valence-electron chi connectivity index (χ2n) is 5.73. The molecule has 0 aliphatic carbocycles. The van der Waals surface area contributed by atoms with Crippen LogP contribution >= 0.6 is 27.5 Å². The van der Waals surface area contributed by atoms with Gasteiger partial charge in [-0.2, -0.15) is 0 Å². The molecule has 0 spiro atoms. The fraction of sp³-hybridized carbons (Fsp3) is 0. The number of fused-ring (bicyclic) bond motifs is 1. The van der Waals surface area contributed by atoms with E-state index in [9.17, 15) is 4.79 Å². The number of carbonyl (C=O) groups excluding carboxylic acids is 1. The van der Waals surface area contributed by atoms with E-state index in [1.54, 1.807) is 18.2 Å². The van der Waals surface area contributed by atoms with Crippen molar-refractivity contribution < 1.29 is 4.79 Å². The summed E-state index contributed by atoms with van der Waals surface area (Å²) in [5.41, 5.74) is 3.70. The molecule has 1 aromatic heterocycles. The topological polar surface area (TPSA) is 57.8 Å². The van der Waals surface area contributed by atoms with Crippen LogP contribution in [0.5, 0.6) is 0 Å². The SMILES string of the molecule is O=C(Nc1ccccc1-c1nc2ccccc2[nH]1)c1ccc(Br)cc1Cl. The molecule has 0 aliphatic heterocycles. The van der Waals surface area contributed by atoms with E-state index < -0.39 is 0 Å². The highest BCUT2D eigenvalue weighted by atomic mass is 79.9. The van der Waals surface area contributed by atoms with Crippen LogP contribution in [0, 0.1) is 0 Å². The van der Waals surface area contributed by atoms with Gasteiger partial charge < -0.3 is 10.3 Å². The molecule has 6 heteroatoms. The number of carbonyl (C=O) groups is 1. The van der Waals surface area contributed by atoms with E-state index in [-0.39, 0.29) is 5.91 Å². The van der Waals surface area contributed by atoms with Crippen molar-refractivity contribution in [3.05, 3.63) is 81.8 Å². The zero-order valence-corrected chi connectivity index (χ0v) is 15.8. The summed E-state index contributed by atoms with van der Waals surface area (Å²) in [6, 6.07) is 20.5. The van der Waals surface area contributed by atoms with Crippen molar-refractivity contribution >= 4 is 50.2 Å². The minimum Gasteiger partial charge on any atom is -0.338 e. The molecule has 0 saturated heterocycles. The molecule has 26 heavy (non-hydrogen) atoms. The van der Waals surface area contributed by atoms with Crippen molar-refractivity contribution in [3.63, 3.8) is 0 Å². The predicted octanol–water partition coefficient (Wildman–Crippen LogP) is 5.90. The zero-order valence-electron chi connectivity index (χ0n) is 13.5. The number of anilines is 1. The lowest BCUT2D eigenvalue weighted by molar-refractivity contribution is 0.102. The quantitative estimate of drug-likeness (QED) is 0.428. The number of rotatable bonds is 3. The zero-order chi connectivity index (χ0) is 18.1. The monoisotopic (exact) mass is 425 g/mol. The Morgan fingerprint density at radius 2 is 1.81 bits per heavy atom. The van der Waals surface area contributed by atoms with Crippen LogP contribution in [0.1, 0.15) is 10.4 Å². The first-order valence-corrected chi connectivity index (χ1v) is 9.09. The maximum absolute atomic E-state index is 12.7. The summed E-state index contributed by atoms with van der Waals surface area (Å²) in [5.74, 6) is 0.426. The summed E-state index contributed by atoms with van der Waals surface area (Å²) < 4.78 is 0.821. The second kappa shape index (κ2) is 6.94. The van der Waals surface area contributed by atoms with E-state index in [2.05, 4.69) is 31.2 Å². The maximum atomic E-state index is 12.7. The molecular formula is C20H13BrClN3O. The van der Waals surface area contributed by atoms with Gasteiger partial charge in [0.15, 0.2) is 0 Å². The predicted molar refractivity (Wildman–Crippen MR) is 109 cm³/mol. The Balaban J connectivity index is 1.70. The molecule has 128 valence electrons. The number of nitrogens with zero attached hydrogens (tertiary/aromatic N) is 1. The standard InChI is InChI=1S/C20H13BrClN3O/c21-12-9-10-13(15(22)11-12)20(26)25-16-6-2-1-5-14(16)19-23-17-7-3-4-8-18(17)24-19/h1-11H,(H,23,24)(H,25,26). The first-order valence-electron chi connectivity index (χ1n) is 7.92. The van der Waals surface area contributed by atoms with Crippen LogP contribution in [0.3, 0.4) is 0 Å². The number of aromatic amines is 1. The lowest BCUT2D eigenvalue weighted by Crippen LogP contribution is -2.13. The summed E-state index contributed by atoms with van der Waals surface area (Å²) in [5, 5.41) is 3.32. The van der Waals surface area contributed by atoms with E-state index in [0.717, 1.165) is 21.1 Å². The normalized spacial score (nSPS) is 10.8. The molecule has 0 fully saturated rings. The molecule has 4 aromatic rings. The molecule has 0 atom stereocenters. The summed E-state index contributed by atoms with van der Waals surface area (Å²) >= 11 is 9.53. The van der Waals surface area contributed by atoms with Gasteiger partial charge in [-0.05, 0) is 42.5 Å². The number of H-pyrrole nitrogens is 1. The van der Waals surface area contributed by atoms with Crippen molar-refractivity contribution in [2.75, 3.05) is 5.32 Å². The Labute approximate surface area is 163 Å². The highest BCUT2D eigenvalue weighted by Crippen LogP contribution is 2.29. The summed E-state index contributed by atoms with van der Waals surface area (Å²) in [6.45, 7) is 0. The third kappa shape index (κ3) is 3.23. The van der Waals surface area contributed by atoms with Gasteiger partial charge in [-0.15, -0.1) is 0 Å². The first kappa shape index (κ1) is 16.8. The number of para-hydroxylation sites is 3. The largest absolute Gasteiger partial charge is 0.338 e. The van der Waals surface area contributed by atoms with E-state index in [1.807, 2.05) is 48.5 Å². The lowest BCUT2D eigenvalue weighted by Gasteiger charge is -2.10. The molecule has 2 N–H and O–H groups in total. The van der Waals surface area contributed by atoms with Crippen LogP contribution in [-0.2, 0) is 0 Å². The van der Waals surface area contributed by atoms with Gasteiger partial charge >= 0.3 is 0 Å². The van der Waals surface area contributed by atoms with E-state index >= 15 is 0 Å². The molecule has 3 aromatic carbocycles. The Kier molecular flexibility index (Phi) is 4.49. The number of aromatic nitrogens is 2. The number of nitrogens with one attached hydrogen (secondary N) is 2. The first-order chi connectivity index (χ1) is 12.6. The van der Waals surface area contributed by atoms with Crippen LogP contribution < -0.4 is 5.32 Å². The van der Waals surface area contributed by atoms with Crippen molar-refractivity contribution in [1.29, 1.82) is 0 Å². The number of hydrogen-bond acceptors (Lipinski definition) is 2. The molecule has 1 amide bonds. The smallest absolute Gasteiger partial charge is 0.257 e. The number of imidazole rings is 1. The van der Waals surface area contributed by atoms with Gasteiger partial charge in [0.25, 0.3) is 5.91 Å². The minimum atomic E-state index is -0.272. The number of benzene rings is 3. The summed E-state index contributed by atoms with van der Waals surface area (Å²) in [4.78, 5) is 20.6. The van der Waals surface area contributed by atoms with Gasteiger partial charge in [-0.1, -0.05) is 51.8 Å². The van der Waals surface area contributed by atoms with E-state index in [4.69, 9.17) is 11.6 Å². The molecule has 0 unspecified atom stereocenters. The van der Waals surface area contributed by atoms with Crippen molar-refractivity contribution in [2.45, 2.75) is 0 Å². The van der Waals surface area contributed by atoms with Gasteiger partial charge in [-0.25, -0.2) is 4.98 Å². The van der Waals surface area contributed by atoms with Crippen LogP contribution in [0.2, 0.25) is 5.02 Å². The molecule has 0 bridgehead atoms. The molecule has 1 heterocycles. The van der Waals surface area contributed by atoms with Crippen molar-refractivity contribution in [2.24, 2.45) is 0 Å². The third-order valence-electron chi connectivity index (χ3n) is 4.00. The van der Waals surface area contributed by atoms with Crippen LogP contribution in [-0.4, -0.2) is 15.9 Å². The fourth-order valence-corrected chi connectivity index (χ4v) is 3.50. The van der Waals surface area contributed by atoms with E-state index in [1.165, 1.54) is 0 Å². The average Bonchev–Trinajstić information content (AvgIpc) is 3.06. The minimum absolute atomic E-state index is 0.272. The van der Waals surface area contributed by atoms with Gasteiger partial charge in [-0.3, -0.25) is 4.79 Å². The highest BCUT2D eigenvalue weighted by molar-refractivity contribution is 9.10. The number of hydrogen-bond donors (Lipinski definition) is 2. The van der Waals surface area contributed by atoms with Crippen molar-refractivity contribution in [3.8, 4) is 11.4 Å². The van der Waals surface area contributed by atoms with Crippen LogP contribution in [0.15, 0.2) is 71.2 Å². The third-order valence-corrected chi connectivity index (χ3v) is 4.80. The second-order valence-corrected chi connectivity index (χ2v) is 7.05. The molecule has 0 saturated carbocycles. The Morgan fingerprint density at radius 3 is 2.62 bits per heavy atom. The number of amides is 1. The van der Waals surface area contributed by atoms with Gasteiger partial charge in [0.05, 0.1) is 27.3 Å². The van der Waals surface area contributed by atoms with Crippen LogP contribution in [0.4, 0.5) is 5.69 Å². The van der Waals surface area contributed by atoms with Gasteiger partial charge in [0, 0.05) is 10.0 Å². The summed E-state index contributed by atoms with van der Waals surface area (Å²) in [7, 11) is 0. The Morgan fingerprint density at radius 1 is 1.04 bits per heavy atom. The van der Waals surface area contributed by atoms with E-state index in [0.29, 0.717) is 22.1 Å². The Bertz CT molecular complexity index is 1090.